The summed E-state index contributed by atoms with van der Waals surface area (Å²) in [6, 6.07) is 10.1. The highest BCUT2D eigenvalue weighted by Gasteiger charge is 2.32. The molecular weight excluding hydrogens is 215 g/mol. The Bertz CT molecular complexity index is 579. The van der Waals surface area contributed by atoms with Crippen LogP contribution in [0.5, 0.6) is 0 Å². The van der Waals surface area contributed by atoms with Gasteiger partial charge >= 0.3 is 6.18 Å². The molecule has 80 valence electrons. The van der Waals surface area contributed by atoms with Gasteiger partial charge in [0.15, 0.2) is 0 Å². The fourth-order valence-corrected chi connectivity index (χ4v) is 1.64. The van der Waals surface area contributed by atoms with Crippen molar-refractivity contribution in [1.29, 1.82) is 5.26 Å². The summed E-state index contributed by atoms with van der Waals surface area (Å²) in [7, 11) is 0. The van der Waals surface area contributed by atoms with Crippen molar-refractivity contribution in [2.24, 2.45) is 0 Å². The van der Waals surface area contributed by atoms with Crippen LogP contribution in [-0.2, 0) is 6.18 Å². The van der Waals surface area contributed by atoms with Crippen molar-refractivity contribution in [3.8, 4) is 6.07 Å². The van der Waals surface area contributed by atoms with E-state index in [4.69, 9.17) is 5.26 Å². The lowest BCUT2D eigenvalue weighted by molar-refractivity contribution is -0.136. The summed E-state index contributed by atoms with van der Waals surface area (Å²) in [5.74, 6) is 0. The molecule has 0 N–H and O–H groups in total. The van der Waals surface area contributed by atoms with Gasteiger partial charge in [0.1, 0.15) is 0 Å². The molecular formula is C12H6F3N. The van der Waals surface area contributed by atoms with Gasteiger partial charge in [0.25, 0.3) is 0 Å². The molecule has 0 radical (unpaired) electrons. The summed E-state index contributed by atoms with van der Waals surface area (Å²) < 4.78 is 38.0. The van der Waals surface area contributed by atoms with Crippen LogP contribution < -0.4 is 0 Å². The van der Waals surface area contributed by atoms with Gasteiger partial charge in [0.2, 0.25) is 0 Å². The number of hydrogen-bond donors (Lipinski definition) is 0. The molecule has 2 aromatic carbocycles. The number of alkyl halides is 3. The van der Waals surface area contributed by atoms with E-state index in [-0.39, 0.29) is 10.9 Å². The Hall–Kier alpha value is -2.02. The molecule has 0 aromatic heterocycles. The van der Waals surface area contributed by atoms with Crippen molar-refractivity contribution < 1.29 is 13.2 Å². The summed E-state index contributed by atoms with van der Waals surface area (Å²) >= 11 is 0. The number of nitrogens with zero attached hydrogens (tertiary/aromatic N) is 1. The van der Waals surface area contributed by atoms with E-state index in [1.165, 1.54) is 24.3 Å². The van der Waals surface area contributed by atoms with Gasteiger partial charge in [-0.3, -0.25) is 0 Å². The highest BCUT2D eigenvalue weighted by molar-refractivity contribution is 5.90. The standard InChI is InChI=1S/C12H6F3N/c13-12(14,15)11-6-5-8(7-16)9-3-1-2-4-10(9)11/h1-6H. The van der Waals surface area contributed by atoms with Crippen LogP contribution in [0.2, 0.25) is 0 Å². The number of fused-ring (bicyclic) bond motifs is 1. The zero-order chi connectivity index (χ0) is 11.8. The fourth-order valence-electron chi connectivity index (χ4n) is 1.64. The lowest BCUT2D eigenvalue weighted by Gasteiger charge is -2.10. The fraction of sp³-hybridized carbons (Fsp3) is 0.0833. The van der Waals surface area contributed by atoms with Gasteiger partial charge in [0.05, 0.1) is 17.2 Å². The van der Waals surface area contributed by atoms with E-state index in [1.54, 1.807) is 6.07 Å². The van der Waals surface area contributed by atoms with E-state index in [0.29, 0.717) is 5.39 Å². The average Bonchev–Trinajstić information content (AvgIpc) is 2.26. The van der Waals surface area contributed by atoms with Crippen molar-refractivity contribution in [3.63, 3.8) is 0 Å². The van der Waals surface area contributed by atoms with E-state index in [9.17, 15) is 13.2 Å². The Morgan fingerprint density at radius 1 is 0.938 bits per heavy atom. The molecule has 0 bridgehead atoms. The van der Waals surface area contributed by atoms with Gasteiger partial charge in [-0.2, -0.15) is 18.4 Å². The summed E-state index contributed by atoms with van der Waals surface area (Å²) in [6.45, 7) is 0. The largest absolute Gasteiger partial charge is 0.417 e. The summed E-state index contributed by atoms with van der Waals surface area (Å²) in [5, 5.41) is 9.20. The van der Waals surface area contributed by atoms with Crippen LogP contribution >= 0.6 is 0 Å². The van der Waals surface area contributed by atoms with Crippen molar-refractivity contribution in [3.05, 3.63) is 47.5 Å². The molecule has 0 saturated heterocycles. The normalized spacial score (nSPS) is 11.4. The highest BCUT2D eigenvalue weighted by Crippen LogP contribution is 2.35. The SMILES string of the molecule is N#Cc1ccc(C(F)(F)F)c2ccccc12. The van der Waals surface area contributed by atoms with Crippen molar-refractivity contribution in [2.45, 2.75) is 6.18 Å². The minimum absolute atomic E-state index is 0.0639. The third-order valence-electron chi connectivity index (χ3n) is 2.35. The topological polar surface area (TPSA) is 23.8 Å². The predicted octanol–water partition coefficient (Wildman–Crippen LogP) is 3.73. The van der Waals surface area contributed by atoms with Gasteiger partial charge < -0.3 is 0 Å². The average molecular weight is 221 g/mol. The van der Waals surface area contributed by atoms with Crippen LogP contribution in [0.15, 0.2) is 36.4 Å². The molecule has 0 aliphatic heterocycles. The number of rotatable bonds is 0. The van der Waals surface area contributed by atoms with Crippen LogP contribution in [0.1, 0.15) is 11.1 Å². The molecule has 2 rings (SSSR count). The number of benzene rings is 2. The third kappa shape index (κ3) is 1.61. The molecule has 16 heavy (non-hydrogen) atoms. The molecule has 0 aliphatic rings. The van der Waals surface area contributed by atoms with E-state index in [0.717, 1.165) is 6.07 Å². The summed E-state index contributed by atoms with van der Waals surface area (Å²) in [5.41, 5.74) is -0.453. The monoisotopic (exact) mass is 221 g/mol. The number of hydrogen-bond acceptors (Lipinski definition) is 1. The first kappa shape index (κ1) is 10.5. The second kappa shape index (κ2) is 3.53. The smallest absolute Gasteiger partial charge is 0.192 e. The lowest BCUT2D eigenvalue weighted by atomic mass is 10.00. The molecule has 1 nitrogen and oxygen atoms in total. The maximum atomic E-state index is 12.7. The van der Waals surface area contributed by atoms with Crippen molar-refractivity contribution >= 4 is 10.8 Å². The third-order valence-corrected chi connectivity index (χ3v) is 2.35. The van der Waals surface area contributed by atoms with E-state index in [2.05, 4.69) is 0 Å². The number of nitriles is 1. The molecule has 0 heterocycles. The van der Waals surface area contributed by atoms with Gasteiger partial charge in [-0.1, -0.05) is 24.3 Å². The first-order valence-electron chi connectivity index (χ1n) is 4.53. The molecule has 2 aromatic rings. The second-order valence-electron chi connectivity index (χ2n) is 3.32. The molecule has 0 fully saturated rings. The Balaban J connectivity index is 2.87. The van der Waals surface area contributed by atoms with Gasteiger partial charge in [-0.05, 0) is 17.5 Å². The minimum Gasteiger partial charge on any atom is -0.192 e. The molecule has 0 spiro atoms. The Morgan fingerprint density at radius 2 is 1.56 bits per heavy atom. The Kier molecular flexibility index (Phi) is 2.31. The maximum absolute atomic E-state index is 12.7. The van der Waals surface area contributed by atoms with E-state index in [1.807, 2.05) is 6.07 Å². The highest BCUT2D eigenvalue weighted by atomic mass is 19.4. The number of halogens is 3. The van der Waals surface area contributed by atoms with Gasteiger partial charge in [-0.25, -0.2) is 0 Å². The van der Waals surface area contributed by atoms with Crippen LogP contribution in [0.4, 0.5) is 13.2 Å². The zero-order valence-corrected chi connectivity index (χ0v) is 8.05. The zero-order valence-electron chi connectivity index (χ0n) is 8.05. The first-order valence-corrected chi connectivity index (χ1v) is 4.53. The lowest BCUT2D eigenvalue weighted by Crippen LogP contribution is -2.05. The van der Waals surface area contributed by atoms with Gasteiger partial charge in [0, 0.05) is 5.39 Å². The summed E-state index contributed by atoms with van der Waals surface area (Å²) in [6.07, 6.45) is -4.40. The molecule has 0 atom stereocenters. The molecule has 4 heteroatoms. The van der Waals surface area contributed by atoms with E-state index < -0.39 is 11.7 Å². The Labute approximate surface area is 89.7 Å². The summed E-state index contributed by atoms with van der Waals surface area (Å²) in [4.78, 5) is 0. The predicted molar refractivity (Wildman–Crippen MR) is 53.7 cm³/mol. The molecule has 0 aliphatic carbocycles. The van der Waals surface area contributed by atoms with Crippen LogP contribution in [-0.4, -0.2) is 0 Å². The van der Waals surface area contributed by atoms with Crippen LogP contribution in [0, 0.1) is 11.3 Å². The maximum Gasteiger partial charge on any atom is 0.417 e. The molecule has 0 saturated carbocycles. The van der Waals surface area contributed by atoms with Crippen molar-refractivity contribution in [1.82, 2.24) is 0 Å². The first-order chi connectivity index (χ1) is 7.54. The Morgan fingerprint density at radius 3 is 2.12 bits per heavy atom. The quantitative estimate of drug-likeness (QED) is 0.664. The molecule has 0 amide bonds. The van der Waals surface area contributed by atoms with Crippen LogP contribution in [0.25, 0.3) is 10.8 Å². The minimum atomic E-state index is -4.40. The van der Waals surface area contributed by atoms with Gasteiger partial charge in [-0.15, -0.1) is 0 Å². The van der Waals surface area contributed by atoms with Crippen molar-refractivity contribution in [2.75, 3.05) is 0 Å². The molecule has 0 unspecified atom stereocenters. The van der Waals surface area contributed by atoms with E-state index >= 15 is 0 Å². The second-order valence-corrected chi connectivity index (χ2v) is 3.32. The van der Waals surface area contributed by atoms with Crippen LogP contribution in [0.3, 0.4) is 0 Å².